The molecule has 0 aromatic heterocycles. The molecule has 2 fully saturated rings. The van der Waals surface area contributed by atoms with Crippen LogP contribution in [0.3, 0.4) is 0 Å². The van der Waals surface area contributed by atoms with Crippen molar-refractivity contribution in [3.05, 3.63) is 33.8 Å². The number of carbonyl (C=O) groups is 4. The fourth-order valence-electron chi connectivity index (χ4n) is 4.42. The molecule has 11 nitrogen and oxygen atoms in total. The van der Waals surface area contributed by atoms with Gasteiger partial charge in [0.15, 0.2) is 0 Å². The topological polar surface area (TPSA) is 133 Å². The van der Waals surface area contributed by atoms with Crippen LogP contribution in [0.5, 0.6) is 0 Å². The second kappa shape index (κ2) is 13.3. The molecule has 3 rings (SSSR count). The van der Waals surface area contributed by atoms with Gasteiger partial charge in [-0.15, -0.1) is 0 Å². The third-order valence-electron chi connectivity index (χ3n) is 5.96. The van der Waals surface area contributed by atoms with Crippen LogP contribution in [0.15, 0.2) is 18.2 Å². The van der Waals surface area contributed by atoms with E-state index < -0.39 is 67.8 Å². The molecule has 38 heavy (non-hydrogen) atoms. The van der Waals surface area contributed by atoms with Gasteiger partial charge in [-0.3, -0.25) is 9.59 Å². The first-order valence-electron chi connectivity index (χ1n) is 12.0. The van der Waals surface area contributed by atoms with E-state index in [9.17, 15) is 19.2 Å². The van der Waals surface area contributed by atoms with E-state index in [1.807, 2.05) is 0 Å². The Balaban J connectivity index is 1.58. The summed E-state index contributed by atoms with van der Waals surface area (Å²) in [5.41, 5.74) is 0.744. The molecule has 13 heteroatoms. The number of rotatable bonds is 11. The van der Waals surface area contributed by atoms with Crippen molar-refractivity contribution < 1.29 is 52.3 Å². The average molecular weight is 577 g/mol. The lowest BCUT2D eigenvalue weighted by atomic mass is 9.97. The van der Waals surface area contributed by atoms with Crippen molar-refractivity contribution >= 4 is 47.5 Å². The number of esters is 2. The van der Waals surface area contributed by atoms with Crippen molar-refractivity contribution in [3.63, 3.8) is 0 Å². The SMILES string of the molecule is CC(C)OC(=O)OCOC(=O)C1C2CC(OCc3ccc(Cl)c(Cl)c3)[C@@H](C(=O)OCOC(=O)OC(C)C)C21. The quantitative estimate of drug-likeness (QED) is 0.202. The van der Waals surface area contributed by atoms with Crippen LogP contribution >= 0.6 is 23.2 Å². The summed E-state index contributed by atoms with van der Waals surface area (Å²) in [6, 6.07) is 5.04. The van der Waals surface area contributed by atoms with E-state index in [1.165, 1.54) is 0 Å². The standard InChI is InChI=1S/C25H30Cl2O11/c1-12(2)37-24(30)35-10-33-22(28)20-15-8-18(32-9-14-5-6-16(26)17(27)7-14)21(19(15)20)23(29)34-11-36-25(31)38-13(3)4/h5-7,12-13,15,18-21H,8-11H2,1-4H3/t15?,18?,19?,20?,21-/m1/s1. The first-order valence-corrected chi connectivity index (χ1v) is 12.8. The van der Waals surface area contributed by atoms with Gasteiger partial charge in [0.1, 0.15) is 0 Å². The first-order chi connectivity index (χ1) is 18.0. The number of halogens is 2. The highest BCUT2D eigenvalue weighted by Gasteiger charge is 2.68. The molecule has 0 saturated heterocycles. The van der Waals surface area contributed by atoms with Crippen molar-refractivity contribution in [2.75, 3.05) is 13.6 Å². The number of hydrogen-bond acceptors (Lipinski definition) is 11. The van der Waals surface area contributed by atoms with Crippen LogP contribution in [0.1, 0.15) is 39.7 Å². The Labute approximate surface area is 229 Å². The first kappa shape index (κ1) is 29.8. The molecule has 0 spiro atoms. The van der Waals surface area contributed by atoms with Gasteiger partial charge in [0.05, 0.1) is 46.8 Å². The van der Waals surface area contributed by atoms with Crippen LogP contribution < -0.4 is 0 Å². The zero-order valence-corrected chi connectivity index (χ0v) is 22.9. The van der Waals surface area contributed by atoms with Crippen molar-refractivity contribution in [1.82, 2.24) is 0 Å². The fraction of sp³-hybridized carbons (Fsp3) is 0.600. The number of carbonyl (C=O) groups excluding carboxylic acids is 4. The summed E-state index contributed by atoms with van der Waals surface area (Å²) < 4.78 is 35.3. The Kier molecular flexibility index (Phi) is 10.5. The van der Waals surface area contributed by atoms with Gasteiger partial charge in [-0.2, -0.15) is 0 Å². The molecule has 210 valence electrons. The Morgan fingerprint density at radius 2 is 1.37 bits per heavy atom. The molecule has 0 aliphatic heterocycles. The van der Waals surface area contributed by atoms with Gasteiger partial charge in [-0.05, 0) is 63.6 Å². The zero-order chi connectivity index (χ0) is 28.0. The minimum absolute atomic E-state index is 0.142. The van der Waals surface area contributed by atoms with Crippen LogP contribution in [0.25, 0.3) is 0 Å². The highest BCUT2D eigenvalue weighted by molar-refractivity contribution is 6.42. The predicted octanol–water partition coefficient (Wildman–Crippen LogP) is 4.89. The predicted molar refractivity (Wildman–Crippen MR) is 131 cm³/mol. The van der Waals surface area contributed by atoms with Crippen LogP contribution in [-0.2, 0) is 49.4 Å². The summed E-state index contributed by atoms with van der Waals surface area (Å²) in [5.74, 6) is -3.35. The lowest BCUT2D eigenvalue weighted by molar-refractivity contribution is -0.166. The highest BCUT2D eigenvalue weighted by atomic mass is 35.5. The van der Waals surface area contributed by atoms with Crippen molar-refractivity contribution in [1.29, 1.82) is 0 Å². The van der Waals surface area contributed by atoms with Gasteiger partial charge in [0.25, 0.3) is 0 Å². The molecule has 5 atom stereocenters. The van der Waals surface area contributed by atoms with E-state index in [0.29, 0.717) is 16.5 Å². The van der Waals surface area contributed by atoms with E-state index in [0.717, 1.165) is 5.56 Å². The highest BCUT2D eigenvalue weighted by Crippen LogP contribution is 2.62. The molecular formula is C25H30Cl2O11. The van der Waals surface area contributed by atoms with Gasteiger partial charge in [0, 0.05) is 0 Å². The zero-order valence-electron chi connectivity index (χ0n) is 21.3. The Bertz CT molecular complexity index is 1030. The summed E-state index contributed by atoms with van der Waals surface area (Å²) in [4.78, 5) is 48.6. The van der Waals surface area contributed by atoms with Crippen molar-refractivity contribution in [3.8, 4) is 0 Å². The number of ether oxygens (including phenoxy) is 7. The van der Waals surface area contributed by atoms with E-state index in [1.54, 1.807) is 45.9 Å². The average Bonchev–Trinajstić information content (AvgIpc) is 3.39. The largest absolute Gasteiger partial charge is 0.511 e. The minimum atomic E-state index is -0.978. The maximum atomic E-state index is 13.0. The minimum Gasteiger partial charge on any atom is -0.431 e. The van der Waals surface area contributed by atoms with Crippen LogP contribution in [0.2, 0.25) is 10.0 Å². The lowest BCUT2D eigenvalue weighted by Gasteiger charge is -2.23. The second-order valence-corrected chi connectivity index (χ2v) is 10.2. The lowest BCUT2D eigenvalue weighted by Crippen LogP contribution is -2.34. The van der Waals surface area contributed by atoms with E-state index >= 15 is 0 Å². The van der Waals surface area contributed by atoms with Gasteiger partial charge in [-0.1, -0.05) is 29.3 Å². The Morgan fingerprint density at radius 1 is 0.816 bits per heavy atom. The third kappa shape index (κ3) is 8.12. The molecule has 2 saturated carbocycles. The number of hydrogen-bond donors (Lipinski definition) is 0. The maximum absolute atomic E-state index is 13.0. The normalized spacial score (nSPS) is 23.4. The molecule has 0 radical (unpaired) electrons. The van der Waals surface area contributed by atoms with E-state index in [2.05, 4.69) is 0 Å². The summed E-state index contributed by atoms with van der Waals surface area (Å²) in [6.07, 6.45) is -2.91. The molecule has 1 aromatic rings. The summed E-state index contributed by atoms with van der Waals surface area (Å²) in [5, 5.41) is 0.767. The number of fused-ring (bicyclic) bond motifs is 1. The molecule has 4 unspecified atom stereocenters. The van der Waals surface area contributed by atoms with E-state index in [-0.39, 0.29) is 18.6 Å². The smallest absolute Gasteiger partial charge is 0.431 e. The van der Waals surface area contributed by atoms with Crippen LogP contribution in [-0.4, -0.2) is 56.1 Å². The molecule has 2 aliphatic carbocycles. The Hall–Kier alpha value is -2.76. The molecular weight excluding hydrogens is 547 g/mol. The molecule has 0 N–H and O–H groups in total. The van der Waals surface area contributed by atoms with Gasteiger partial charge < -0.3 is 33.2 Å². The third-order valence-corrected chi connectivity index (χ3v) is 6.70. The molecule has 1 aromatic carbocycles. The number of benzene rings is 1. The molecule has 0 bridgehead atoms. The second-order valence-electron chi connectivity index (χ2n) is 9.41. The van der Waals surface area contributed by atoms with Gasteiger partial charge >= 0.3 is 24.2 Å². The van der Waals surface area contributed by atoms with Crippen LogP contribution in [0, 0.1) is 23.7 Å². The fourth-order valence-corrected chi connectivity index (χ4v) is 4.74. The van der Waals surface area contributed by atoms with E-state index in [4.69, 9.17) is 56.4 Å². The van der Waals surface area contributed by atoms with Gasteiger partial charge in [0.2, 0.25) is 13.6 Å². The Morgan fingerprint density at radius 3 is 1.89 bits per heavy atom. The van der Waals surface area contributed by atoms with Gasteiger partial charge in [-0.25, -0.2) is 9.59 Å². The molecule has 0 heterocycles. The maximum Gasteiger partial charge on any atom is 0.511 e. The molecule has 0 amide bonds. The molecule has 2 aliphatic rings. The summed E-state index contributed by atoms with van der Waals surface area (Å²) >= 11 is 12.0. The summed E-state index contributed by atoms with van der Waals surface area (Å²) in [6.45, 7) is 5.46. The van der Waals surface area contributed by atoms with Crippen molar-refractivity contribution in [2.45, 2.75) is 59.0 Å². The van der Waals surface area contributed by atoms with Crippen molar-refractivity contribution in [2.24, 2.45) is 23.7 Å². The summed E-state index contributed by atoms with van der Waals surface area (Å²) in [7, 11) is 0. The monoisotopic (exact) mass is 576 g/mol. The van der Waals surface area contributed by atoms with Crippen LogP contribution in [0.4, 0.5) is 9.59 Å².